The Morgan fingerprint density at radius 2 is 1.68 bits per heavy atom. The van der Waals surface area contributed by atoms with E-state index in [9.17, 15) is 14.4 Å². The molecule has 2 aliphatic heterocycles. The largest absolute Gasteiger partial charge is 0.311 e. The van der Waals surface area contributed by atoms with Crippen LogP contribution >= 0.6 is 11.8 Å². The van der Waals surface area contributed by atoms with E-state index >= 15 is 0 Å². The van der Waals surface area contributed by atoms with Crippen molar-refractivity contribution in [1.29, 1.82) is 0 Å². The number of carbonyl (C=O) groups excluding carboxylic acids is 3. The van der Waals surface area contributed by atoms with Gasteiger partial charge in [-0.2, -0.15) is 0 Å². The van der Waals surface area contributed by atoms with Crippen LogP contribution in [0.5, 0.6) is 0 Å². The summed E-state index contributed by atoms with van der Waals surface area (Å²) in [7, 11) is 0. The predicted molar refractivity (Wildman–Crippen MR) is 110 cm³/mol. The highest BCUT2D eigenvalue weighted by molar-refractivity contribution is 8.00. The molecule has 2 aromatic carbocycles. The van der Waals surface area contributed by atoms with Crippen molar-refractivity contribution in [3.05, 3.63) is 59.7 Å². The van der Waals surface area contributed by atoms with Crippen molar-refractivity contribution in [2.45, 2.75) is 36.3 Å². The van der Waals surface area contributed by atoms with Gasteiger partial charge >= 0.3 is 0 Å². The van der Waals surface area contributed by atoms with E-state index in [4.69, 9.17) is 0 Å². The fourth-order valence-corrected chi connectivity index (χ4v) is 4.82. The van der Waals surface area contributed by atoms with Gasteiger partial charge in [0, 0.05) is 29.7 Å². The Balaban J connectivity index is 1.41. The van der Waals surface area contributed by atoms with Crippen molar-refractivity contribution in [1.82, 2.24) is 4.90 Å². The normalized spacial score (nSPS) is 18.7. The topological polar surface area (TPSA) is 57.7 Å². The minimum atomic E-state index is -0.265. The van der Waals surface area contributed by atoms with Crippen LogP contribution in [0.2, 0.25) is 0 Å². The van der Waals surface area contributed by atoms with E-state index in [1.165, 1.54) is 4.90 Å². The SMILES string of the molecule is CC1CCN(C(=O)CCCN2C(=O)c3ccccc3C2=O)c2ccccc2S1. The first-order valence-corrected chi connectivity index (χ1v) is 10.5. The van der Waals surface area contributed by atoms with Crippen molar-refractivity contribution in [3.8, 4) is 0 Å². The second kappa shape index (κ2) is 7.80. The molecule has 0 saturated carbocycles. The first kappa shape index (κ1) is 18.7. The highest BCUT2D eigenvalue weighted by Crippen LogP contribution is 2.37. The molecule has 1 atom stereocenters. The second-order valence-corrected chi connectivity index (χ2v) is 8.62. The standard InChI is InChI=1S/C22H22N2O3S/c1-15-12-14-23(18-9-4-5-10-19(18)28-15)20(25)11-6-13-24-21(26)16-7-2-3-8-17(16)22(24)27/h2-5,7-10,15H,6,11-14H2,1H3. The van der Waals surface area contributed by atoms with Crippen LogP contribution in [-0.4, -0.2) is 41.0 Å². The molecule has 0 fully saturated rings. The zero-order chi connectivity index (χ0) is 19.7. The number of hydrogen-bond acceptors (Lipinski definition) is 4. The van der Waals surface area contributed by atoms with Crippen LogP contribution in [-0.2, 0) is 4.79 Å². The lowest BCUT2D eigenvalue weighted by atomic mass is 10.1. The maximum Gasteiger partial charge on any atom is 0.261 e. The fourth-order valence-electron chi connectivity index (χ4n) is 3.71. The molecule has 1 unspecified atom stereocenters. The number of anilines is 1. The van der Waals surface area contributed by atoms with Crippen LogP contribution in [0.4, 0.5) is 5.69 Å². The summed E-state index contributed by atoms with van der Waals surface area (Å²) in [6.07, 6.45) is 1.70. The minimum absolute atomic E-state index is 0.0405. The van der Waals surface area contributed by atoms with Crippen molar-refractivity contribution >= 4 is 35.2 Å². The Morgan fingerprint density at radius 3 is 2.39 bits per heavy atom. The molecule has 0 spiro atoms. The van der Waals surface area contributed by atoms with E-state index in [-0.39, 0.29) is 24.3 Å². The molecule has 0 bridgehead atoms. The van der Waals surface area contributed by atoms with Gasteiger partial charge in [0.25, 0.3) is 11.8 Å². The van der Waals surface area contributed by atoms with Gasteiger partial charge in [0.1, 0.15) is 0 Å². The molecule has 0 aliphatic carbocycles. The van der Waals surface area contributed by atoms with E-state index in [0.717, 1.165) is 17.0 Å². The van der Waals surface area contributed by atoms with Gasteiger partial charge in [0.15, 0.2) is 0 Å². The number of amides is 3. The van der Waals surface area contributed by atoms with Gasteiger partial charge in [-0.1, -0.05) is 31.2 Å². The number of benzene rings is 2. The summed E-state index contributed by atoms with van der Waals surface area (Å²) in [5.74, 6) is -0.490. The van der Waals surface area contributed by atoms with E-state index in [0.29, 0.717) is 35.8 Å². The van der Waals surface area contributed by atoms with Gasteiger partial charge in [-0.3, -0.25) is 19.3 Å². The maximum absolute atomic E-state index is 12.9. The van der Waals surface area contributed by atoms with Gasteiger partial charge in [-0.05, 0) is 37.1 Å². The second-order valence-electron chi connectivity index (χ2n) is 7.14. The molecular weight excluding hydrogens is 372 g/mol. The van der Waals surface area contributed by atoms with Crippen LogP contribution in [0.1, 0.15) is 46.9 Å². The van der Waals surface area contributed by atoms with Crippen LogP contribution in [0.15, 0.2) is 53.4 Å². The Hall–Kier alpha value is -2.60. The number of hydrogen-bond donors (Lipinski definition) is 0. The smallest absolute Gasteiger partial charge is 0.261 e. The monoisotopic (exact) mass is 394 g/mol. The van der Waals surface area contributed by atoms with Crippen molar-refractivity contribution in [3.63, 3.8) is 0 Å². The van der Waals surface area contributed by atoms with Crippen LogP contribution in [0, 0.1) is 0 Å². The third-order valence-electron chi connectivity index (χ3n) is 5.20. The molecule has 2 aliphatic rings. The van der Waals surface area contributed by atoms with E-state index in [1.54, 1.807) is 36.0 Å². The van der Waals surface area contributed by atoms with Gasteiger partial charge in [0.05, 0.1) is 16.8 Å². The van der Waals surface area contributed by atoms with E-state index in [2.05, 4.69) is 13.0 Å². The summed E-state index contributed by atoms with van der Waals surface area (Å²) in [6.45, 7) is 3.13. The van der Waals surface area contributed by atoms with Crippen LogP contribution in [0.3, 0.4) is 0 Å². The molecule has 2 heterocycles. The average Bonchev–Trinajstić information content (AvgIpc) is 2.84. The maximum atomic E-state index is 12.9. The zero-order valence-corrected chi connectivity index (χ0v) is 16.6. The molecule has 2 aromatic rings. The lowest BCUT2D eigenvalue weighted by Crippen LogP contribution is -2.34. The van der Waals surface area contributed by atoms with E-state index < -0.39 is 0 Å². The number of fused-ring (bicyclic) bond motifs is 2. The Bertz CT molecular complexity index is 908. The average molecular weight is 394 g/mol. The first-order valence-electron chi connectivity index (χ1n) is 9.57. The highest BCUT2D eigenvalue weighted by Gasteiger charge is 2.34. The van der Waals surface area contributed by atoms with Gasteiger partial charge in [-0.25, -0.2) is 0 Å². The Kier molecular flexibility index (Phi) is 5.22. The summed E-state index contributed by atoms with van der Waals surface area (Å²) in [4.78, 5) is 42.0. The molecule has 144 valence electrons. The molecule has 0 saturated heterocycles. The van der Waals surface area contributed by atoms with Crippen molar-refractivity contribution in [2.24, 2.45) is 0 Å². The third kappa shape index (κ3) is 3.44. The fraction of sp³-hybridized carbons (Fsp3) is 0.318. The first-order chi connectivity index (χ1) is 13.6. The summed E-state index contributed by atoms with van der Waals surface area (Å²) < 4.78 is 0. The number of para-hydroxylation sites is 1. The molecule has 6 heteroatoms. The summed E-state index contributed by atoms with van der Waals surface area (Å²) >= 11 is 1.80. The van der Waals surface area contributed by atoms with Crippen molar-refractivity contribution in [2.75, 3.05) is 18.0 Å². The van der Waals surface area contributed by atoms with Crippen LogP contribution < -0.4 is 4.90 Å². The Morgan fingerprint density at radius 1 is 1.04 bits per heavy atom. The van der Waals surface area contributed by atoms with Crippen molar-refractivity contribution < 1.29 is 14.4 Å². The number of imide groups is 1. The molecule has 4 rings (SSSR count). The molecule has 0 N–H and O–H groups in total. The Labute approximate surface area is 168 Å². The van der Waals surface area contributed by atoms with Gasteiger partial charge in [0.2, 0.25) is 5.91 Å². The molecule has 0 radical (unpaired) electrons. The zero-order valence-electron chi connectivity index (χ0n) is 15.8. The molecule has 0 aromatic heterocycles. The summed E-state index contributed by atoms with van der Waals surface area (Å²) in [5, 5.41) is 0.456. The lowest BCUT2D eigenvalue weighted by Gasteiger charge is -2.23. The number of thioether (sulfide) groups is 1. The summed E-state index contributed by atoms with van der Waals surface area (Å²) in [5.41, 5.74) is 1.86. The number of nitrogens with zero attached hydrogens (tertiary/aromatic N) is 2. The van der Waals surface area contributed by atoms with Gasteiger partial charge in [-0.15, -0.1) is 11.8 Å². The summed E-state index contributed by atoms with van der Waals surface area (Å²) in [6, 6.07) is 14.9. The third-order valence-corrected chi connectivity index (χ3v) is 6.43. The number of rotatable bonds is 4. The lowest BCUT2D eigenvalue weighted by molar-refractivity contribution is -0.118. The highest BCUT2D eigenvalue weighted by atomic mass is 32.2. The molecule has 28 heavy (non-hydrogen) atoms. The van der Waals surface area contributed by atoms with Crippen LogP contribution in [0.25, 0.3) is 0 Å². The molecule has 5 nitrogen and oxygen atoms in total. The van der Waals surface area contributed by atoms with Gasteiger partial charge < -0.3 is 4.90 Å². The van der Waals surface area contributed by atoms with E-state index in [1.807, 2.05) is 23.1 Å². The number of carbonyl (C=O) groups is 3. The molecular formula is C22H22N2O3S. The molecule has 3 amide bonds. The quantitative estimate of drug-likeness (QED) is 0.736. The minimum Gasteiger partial charge on any atom is -0.311 e. The predicted octanol–water partition coefficient (Wildman–Crippen LogP) is 3.98.